The number of phenols is 2. The van der Waals surface area contributed by atoms with Crippen molar-refractivity contribution in [2.75, 3.05) is 31.1 Å². The van der Waals surface area contributed by atoms with Crippen LogP contribution in [0.15, 0.2) is 46.9 Å². The number of phenolic OH excluding ortho intramolecular Hbond substituents is 2. The molecular formula is C18H17N3O4. The molecule has 1 amide bonds. The van der Waals surface area contributed by atoms with Gasteiger partial charge in [0.25, 0.3) is 11.9 Å². The van der Waals surface area contributed by atoms with Gasteiger partial charge in [-0.15, -0.1) is 0 Å². The largest absolute Gasteiger partial charge is 0.507 e. The van der Waals surface area contributed by atoms with Gasteiger partial charge in [0.1, 0.15) is 22.6 Å². The SMILES string of the molecule is O=C(c1c(O)cccc1O)N1CCN(c2nc3ccccc3o2)CC1. The number of oxazole rings is 1. The Hall–Kier alpha value is -3.22. The Morgan fingerprint density at radius 2 is 1.64 bits per heavy atom. The third-order valence-electron chi connectivity index (χ3n) is 4.35. The molecule has 1 aliphatic heterocycles. The first-order valence-electron chi connectivity index (χ1n) is 8.04. The van der Waals surface area contributed by atoms with Gasteiger partial charge in [0.05, 0.1) is 0 Å². The zero-order chi connectivity index (χ0) is 17.4. The molecule has 7 heteroatoms. The summed E-state index contributed by atoms with van der Waals surface area (Å²) in [5.74, 6) is -0.814. The summed E-state index contributed by atoms with van der Waals surface area (Å²) in [6.07, 6.45) is 0. The molecule has 0 radical (unpaired) electrons. The normalized spacial score (nSPS) is 14.9. The summed E-state index contributed by atoms with van der Waals surface area (Å²) >= 11 is 0. The van der Waals surface area contributed by atoms with Crippen LogP contribution in [0.4, 0.5) is 6.01 Å². The van der Waals surface area contributed by atoms with E-state index in [2.05, 4.69) is 4.98 Å². The van der Waals surface area contributed by atoms with Crippen LogP contribution < -0.4 is 4.90 Å². The second-order valence-electron chi connectivity index (χ2n) is 5.91. The van der Waals surface area contributed by atoms with Gasteiger partial charge in [0.15, 0.2) is 5.58 Å². The standard InChI is InChI=1S/C18H17N3O4/c22-13-5-3-6-14(23)16(13)17(24)20-8-10-21(11-9-20)18-19-12-4-1-2-7-15(12)25-18/h1-7,22-23H,8-11H2. The quantitative estimate of drug-likeness (QED) is 0.744. The fraction of sp³-hybridized carbons (Fsp3) is 0.222. The summed E-state index contributed by atoms with van der Waals surface area (Å²) in [6.45, 7) is 2.02. The number of aromatic hydroxyl groups is 2. The summed E-state index contributed by atoms with van der Waals surface area (Å²) in [5, 5.41) is 19.7. The molecule has 3 aromatic rings. The first-order chi connectivity index (χ1) is 12.1. The van der Waals surface area contributed by atoms with E-state index in [0.717, 1.165) is 11.1 Å². The van der Waals surface area contributed by atoms with Crippen molar-refractivity contribution in [2.24, 2.45) is 0 Å². The van der Waals surface area contributed by atoms with Crippen molar-refractivity contribution >= 4 is 23.0 Å². The lowest BCUT2D eigenvalue weighted by Gasteiger charge is -2.34. The summed E-state index contributed by atoms with van der Waals surface area (Å²) < 4.78 is 5.76. The second kappa shape index (κ2) is 6.01. The molecule has 1 aromatic heterocycles. The molecular weight excluding hydrogens is 322 g/mol. The highest BCUT2D eigenvalue weighted by molar-refractivity contribution is 5.99. The molecule has 4 rings (SSSR count). The van der Waals surface area contributed by atoms with Crippen LogP contribution in [0.2, 0.25) is 0 Å². The highest BCUT2D eigenvalue weighted by atomic mass is 16.4. The van der Waals surface area contributed by atoms with E-state index in [9.17, 15) is 15.0 Å². The van der Waals surface area contributed by atoms with E-state index < -0.39 is 0 Å². The minimum Gasteiger partial charge on any atom is -0.507 e. The number of hydrogen-bond donors (Lipinski definition) is 2. The smallest absolute Gasteiger partial charge is 0.298 e. The molecule has 2 aromatic carbocycles. The van der Waals surface area contributed by atoms with E-state index in [0.29, 0.717) is 32.2 Å². The maximum Gasteiger partial charge on any atom is 0.298 e. The van der Waals surface area contributed by atoms with Crippen molar-refractivity contribution in [1.82, 2.24) is 9.88 Å². The Morgan fingerprint density at radius 1 is 0.960 bits per heavy atom. The van der Waals surface area contributed by atoms with Gasteiger partial charge < -0.3 is 24.4 Å². The van der Waals surface area contributed by atoms with Crippen LogP contribution in [0, 0.1) is 0 Å². The third kappa shape index (κ3) is 2.73. The average molecular weight is 339 g/mol. The Kier molecular flexibility index (Phi) is 3.68. The number of anilines is 1. The molecule has 1 saturated heterocycles. The Balaban J connectivity index is 1.48. The highest BCUT2D eigenvalue weighted by Gasteiger charge is 2.27. The lowest BCUT2D eigenvalue weighted by atomic mass is 10.1. The van der Waals surface area contributed by atoms with E-state index in [-0.39, 0.29) is 23.0 Å². The van der Waals surface area contributed by atoms with Crippen molar-refractivity contribution in [2.45, 2.75) is 0 Å². The van der Waals surface area contributed by atoms with E-state index >= 15 is 0 Å². The first kappa shape index (κ1) is 15.3. The summed E-state index contributed by atoms with van der Waals surface area (Å²) in [6, 6.07) is 12.4. The number of piperazine rings is 1. The van der Waals surface area contributed by atoms with Gasteiger partial charge >= 0.3 is 0 Å². The van der Waals surface area contributed by atoms with Crippen molar-refractivity contribution < 1.29 is 19.4 Å². The number of benzene rings is 2. The fourth-order valence-electron chi connectivity index (χ4n) is 3.00. The molecule has 0 atom stereocenters. The summed E-state index contributed by atoms with van der Waals surface area (Å²) in [5.41, 5.74) is 1.48. The Bertz CT molecular complexity index is 876. The van der Waals surface area contributed by atoms with Crippen LogP contribution in [0.5, 0.6) is 11.5 Å². The van der Waals surface area contributed by atoms with Crippen LogP contribution in [-0.4, -0.2) is 52.2 Å². The van der Waals surface area contributed by atoms with Crippen LogP contribution in [-0.2, 0) is 0 Å². The summed E-state index contributed by atoms with van der Waals surface area (Å²) in [7, 11) is 0. The molecule has 0 spiro atoms. The number of para-hydroxylation sites is 2. The monoisotopic (exact) mass is 339 g/mol. The Labute approximate surface area is 143 Å². The molecule has 7 nitrogen and oxygen atoms in total. The molecule has 2 heterocycles. The van der Waals surface area contributed by atoms with Crippen molar-refractivity contribution in [3.63, 3.8) is 0 Å². The van der Waals surface area contributed by atoms with Crippen LogP contribution in [0.3, 0.4) is 0 Å². The maximum absolute atomic E-state index is 12.6. The minimum atomic E-state index is -0.382. The molecule has 0 unspecified atom stereocenters. The number of aromatic nitrogens is 1. The lowest BCUT2D eigenvalue weighted by molar-refractivity contribution is 0.0739. The van der Waals surface area contributed by atoms with Crippen molar-refractivity contribution in [1.29, 1.82) is 0 Å². The predicted molar refractivity (Wildman–Crippen MR) is 91.9 cm³/mol. The number of rotatable bonds is 2. The summed E-state index contributed by atoms with van der Waals surface area (Å²) in [4.78, 5) is 20.6. The Morgan fingerprint density at radius 3 is 2.32 bits per heavy atom. The van der Waals surface area contributed by atoms with Crippen molar-refractivity contribution in [3.8, 4) is 11.5 Å². The second-order valence-corrected chi connectivity index (χ2v) is 5.91. The van der Waals surface area contributed by atoms with E-state index in [4.69, 9.17) is 4.42 Å². The van der Waals surface area contributed by atoms with Gasteiger partial charge in [-0.05, 0) is 24.3 Å². The number of amides is 1. The maximum atomic E-state index is 12.6. The number of carbonyl (C=O) groups is 1. The lowest BCUT2D eigenvalue weighted by Crippen LogP contribution is -2.49. The van der Waals surface area contributed by atoms with Gasteiger partial charge in [-0.1, -0.05) is 18.2 Å². The molecule has 0 bridgehead atoms. The topological polar surface area (TPSA) is 90.0 Å². The van der Waals surface area contributed by atoms with E-state index in [1.807, 2.05) is 29.2 Å². The van der Waals surface area contributed by atoms with Gasteiger partial charge in [-0.25, -0.2) is 0 Å². The van der Waals surface area contributed by atoms with Gasteiger partial charge in [0, 0.05) is 26.2 Å². The van der Waals surface area contributed by atoms with Crippen LogP contribution in [0.1, 0.15) is 10.4 Å². The molecule has 25 heavy (non-hydrogen) atoms. The molecule has 1 fully saturated rings. The van der Waals surface area contributed by atoms with E-state index in [1.54, 1.807) is 4.90 Å². The number of nitrogens with zero attached hydrogens (tertiary/aromatic N) is 3. The van der Waals surface area contributed by atoms with E-state index in [1.165, 1.54) is 18.2 Å². The van der Waals surface area contributed by atoms with Crippen LogP contribution in [0.25, 0.3) is 11.1 Å². The van der Waals surface area contributed by atoms with Gasteiger partial charge in [-0.3, -0.25) is 4.79 Å². The average Bonchev–Trinajstić information content (AvgIpc) is 3.06. The fourth-order valence-corrected chi connectivity index (χ4v) is 3.00. The highest BCUT2D eigenvalue weighted by Crippen LogP contribution is 2.28. The van der Waals surface area contributed by atoms with Crippen LogP contribution >= 0.6 is 0 Å². The predicted octanol–water partition coefficient (Wildman–Crippen LogP) is 2.20. The first-order valence-corrected chi connectivity index (χ1v) is 8.04. The minimum absolute atomic E-state index is 0.0576. The molecule has 128 valence electrons. The number of carbonyl (C=O) groups excluding carboxylic acids is 1. The third-order valence-corrected chi connectivity index (χ3v) is 4.35. The molecule has 1 aliphatic rings. The molecule has 2 N–H and O–H groups in total. The number of fused-ring (bicyclic) bond motifs is 1. The molecule has 0 saturated carbocycles. The van der Waals surface area contributed by atoms with Gasteiger partial charge in [0.2, 0.25) is 0 Å². The van der Waals surface area contributed by atoms with Crippen molar-refractivity contribution in [3.05, 3.63) is 48.0 Å². The van der Waals surface area contributed by atoms with Gasteiger partial charge in [-0.2, -0.15) is 4.98 Å². The number of hydrogen-bond acceptors (Lipinski definition) is 6. The molecule has 0 aliphatic carbocycles. The zero-order valence-corrected chi connectivity index (χ0v) is 13.4. The zero-order valence-electron chi connectivity index (χ0n) is 13.4.